The zero-order valence-corrected chi connectivity index (χ0v) is 9.70. The van der Waals surface area contributed by atoms with Gasteiger partial charge in [0.2, 0.25) is 5.91 Å². The van der Waals surface area contributed by atoms with Crippen LogP contribution in [-0.2, 0) is 14.6 Å². The molecule has 5 nitrogen and oxygen atoms in total. The summed E-state index contributed by atoms with van der Waals surface area (Å²) in [6.07, 6.45) is 0. The predicted octanol–water partition coefficient (Wildman–Crippen LogP) is -0.419. The van der Waals surface area contributed by atoms with Crippen LogP contribution in [0.25, 0.3) is 0 Å². The Bertz CT molecular complexity index is 497. The average molecular weight is 242 g/mol. The Morgan fingerprint density at radius 3 is 2.44 bits per heavy atom. The fourth-order valence-corrected chi connectivity index (χ4v) is 2.97. The molecular weight excluding hydrogens is 228 g/mol. The number of nitrogens with two attached hydrogens (primary N) is 2. The van der Waals surface area contributed by atoms with E-state index in [4.69, 9.17) is 11.5 Å². The second-order valence-electron chi connectivity index (χ2n) is 3.56. The molecule has 1 unspecified atom stereocenters. The molecule has 0 fully saturated rings. The van der Waals surface area contributed by atoms with Gasteiger partial charge < -0.3 is 11.5 Å². The smallest absolute Gasteiger partial charge is 0.235 e. The lowest BCUT2D eigenvalue weighted by atomic mass is 10.2. The normalized spacial score (nSPS) is 13.4. The molecule has 0 aromatic heterocycles. The molecule has 0 saturated carbocycles. The van der Waals surface area contributed by atoms with E-state index in [2.05, 4.69) is 0 Å². The van der Waals surface area contributed by atoms with Crippen molar-refractivity contribution in [2.45, 2.75) is 17.9 Å². The van der Waals surface area contributed by atoms with Crippen molar-refractivity contribution < 1.29 is 13.2 Å². The van der Waals surface area contributed by atoms with Gasteiger partial charge in [0.1, 0.15) is 0 Å². The molecule has 0 heterocycles. The van der Waals surface area contributed by atoms with Crippen molar-refractivity contribution >= 4 is 15.7 Å². The molecule has 0 saturated heterocycles. The summed E-state index contributed by atoms with van der Waals surface area (Å²) >= 11 is 0. The van der Waals surface area contributed by atoms with Crippen molar-refractivity contribution in [3.63, 3.8) is 0 Å². The van der Waals surface area contributed by atoms with Crippen LogP contribution in [0.3, 0.4) is 0 Å². The number of carbonyl (C=O) groups excluding carboxylic acids is 1. The third-order valence-corrected chi connectivity index (χ3v) is 4.12. The van der Waals surface area contributed by atoms with E-state index in [-0.39, 0.29) is 4.90 Å². The Labute approximate surface area is 94.4 Å². The van der Waals surface area contributed by atoms with E-state index in [1.54, 1.807) is 25.1 Å². The van der Waals surface area contributed by atoms with Crippen molar-refractivity contribution in [2.24, 2.45) is 11.5 Å². The second-order valence-corrected chi connectivity index (χ2v) is 5.56. The summed E-state index contributed by atoms with van der Waals surface area (Å²) in [5, 5.41) is 0. The number of hydrogen-bond donors (Lipinski definition) is 2. The first-order valence-corrected chi connectivity index (χ1v) is 6.33. The van der Waals surface area contributed by atoms with Gasteiger partial charge in [0.15, 0.2) is 9.84 Å². The van der Waals surface area contributed by atoms with E-state index in [9.17, 15) is 13.2 Å². The van der Waals surface area contributed by atoms with Crippen LogP contribution in [0.1, 0.15) is 5.56 Å². The lowest BCUT2D eigenvalue weighted by Crippen LogP contribution is -2.42. The molecule has 6 heteroatoms. The van der Waals surface area contributed by atoms with Gasteiger partial charge in [0, 0.05) is 0 Å². The summed E-state index contributed by atoms with van der Waals surface area (Å²) in [5.74, 6) is -1.29. The van der Waals surface area contributed by atoms with Crippen LogP contribution in [0, 0.1) is 6.92 Å². The number of primary amides is 1. The molecule has 0 radical (unpaired) electrons. The van der Waals surface area contributed by atoms with Crippen LogP contribution >= 0.6 is 0 Å². The topological polar surface area (TPSA) is 103 Å². The van der Waals surface area contributed by atoms with Gasteiger partial charge >= 0.3 is 0 Å². The lowest BCUT2D eigenvalue weighted by Gasteiger charge is -2.10. The predicted molar refractivity (Wildman–Crippen MR) is 60.4 cm³/mol. The Kier molecular flexibility index (Phi) is 3.66. The molecule has 1 aromatic carbocycles. The highest BCUT2D eigenvalue weighted by Crippen LogP contribution is 2.16. The zero-order chi connectivity index (χ0) is 12.3. The van der Waals surface area contributed by atoms with Crippen LogP contribution in [0.2, 0.25) is 0 Å². The van der Waals surface area contributed by atoms with Crippen molar-refractivity contribution in [1.29, 1.82) is 0 Å². The van der Waals surface area contributed by atoms with Gasteiger partial charge in [-0.3, -0.25) is 4.79 Å². The van der Waals surface area contributed by atoms with E-state index < -0.39 is 27.5 Å². The number of benzene rings is 1. The summed E-state index contributed by atoms with van der Waals surface area (Å²) < 4.78 is 23.8. The Morgan fingerprint density at radius 2 is 1.94 bits per heavy atom. The Morgan fingerprint density at radius 1 is 1.38 bits per heavy atom. The lowest BCUT2D eigenvalue weighted by molar-refractivity contribution is -0.118. The highest BCUT2D eigenvalue weighted by molar-refractivity contribution is 7.91. The third-order valence-electron chi connectivity index (χ3n) is 2.19. The minimum absolute atomic E-state index is 0.187. The van der Waals surface area contributed by atoms with Gasteiger partial charge in [-0.2, -0.15) is 0 Å². The molecule has 1 atom stereocenters. The minimum Gasteiger partial charge on any atom is -0.368 e. The molecular formula is C10H14N2O3S. The van der Waals surface area contributed by atoms with E-state index in [1.807, 2.05) is 0 Å². The van der Waals surface area contributed by atoms with Crippen molar-refractivity contribution in [3.05, 3.63) is 29.8 Å². The molecule has 0 aliphatic rings. The zero-order valence-electron chi connectivity index (χ0n) is 8.88. The molecule has 1 aromatic rings. The van der Waals surface area contributed by atoms with E-state index in [1.165, 1.54) is 6.07 Å². The van der Waals surface area contributed by atoms with Gasteiger partial charge in [-0.05, 0) is 18.6 Å². The van der Waals surface area contributed by atoms with Gasteiger partial charge in [-0.1, -0.05) is 18.2 Å². The van der Waals surface area contributed by atoms with E-state index in [0.29, 0.717) is 5.56 Å². The first kappa shape index (κ1) is 12.7. The van der Waals surface area contributed by atoms with Gasteiger partial charge in [-0.25, -0.2) is 8.42 Å². The maximum atomic E-state index is 11.9. The monoisotopic (exact) mass is 242 g/mol. The third kappa shape index (κ3) is 2.80. The summed E-state index contributed by atoms with van der Waals surface area (Å²) in [6, 6.07) is 5.35. The first-order chi connectivity index (χ1) is 7.34. The molecule has 0 aliphatic carbocycles. The minimum atomic E-state index is -3.56. The molecule has 0 aliphatic heterocycles. The van der Waals surface area contributed by atoms with Crippen molar-refractivity contribution in [1.82, 2.24) is 0 Å². The van der Waals surface area contributed by atoms with Gasteiger partial charge in [-0.15, -0.1) is 0 Å². The average Bonchev–Trinajstić information content (AvgIpc) is 2.17. The number of rotatable bonds is 4. The van der Waals surface area contributed by atoms with Crippen LogP contribution in [0.4, 0.5) is 0 Å². The molecule has 0 spiro atoms. The Hall–Kier alpha value is -1.40. The summed E-state index contributed by atoms with van der Waals surface area (Å²) in [4.78, 5) is 10.9. The van der Waals surface area contributed by atoms with Crippen LogP contribution in [0.5, 0.6) is 0 Å². The highest BCUT2D eigenvalue weighted by Gasteiger charge is 2.23. The van der Waals surface area contributed by atoms with E-state index in [0.717, 1.165) is 0 Å². The van der Waals surface area contributed by atoms with Crippen molar-refractivity contribution in [3.8, 4) is 0 Å². The molecule has 88 valence electrons. The molecule has 1 amide bonds. The fourth-order valence-electron chi connectivity index (χ4n) is 1.31. The number of carbonyl (C=O) groups is 1. The number of hydrogen-bond acceptors (Lipinski definition) is 4. The van der Waals surface area contributed by atoms with Gasteiger partial charge in [0.25, 0.3) is 0 Å². The summed E-state index contributed by atoms with van der Waals surface area (Å²) in [7, 11) is -3.56. The Balaban J connectivity index is 3.04. The van der Waals surface area contributed by atoms with Crippen LogP contribution in [-0.4, -0.2) is 26.1 Å². The number of sulfone groups is 1. The quantitative estimate of drug-likeness (QED) is 0.748. The standard InChI is InChI=1S/C10H14N2O3S/c1-7-4-2-3-5-9(7)16(14,15)6-8(11)10(12)13/h2-5,8H,6,11H2,1H3,(H2,12,13). The van der Waals surface area contributed by atoms with Crippen LogP contribution in [0.15, 0.2) is 29.2 Å². The van der Waals surface area contributed by atoms with Gasteiger partial charge in [0.05, 0.1) is 16.7 Å². The maximum Gasteiger partial charge on any atom is 0.235 e. The first-order valence-electron chi connectivity index (χ1n) is 4.68. The maximum absolute atomic E-state index is 11.9. The highest BCUT2D eigenvalue weighted by atomic mass is 32.2. The molecule has 4 N–H and O–H groups in total. The van der Waals surface area contributed by atoms with E-state index >= 15 is 0 Å². The van der Waals surface area contributed by atoms with Crippen LogP contribution < -0.4 is 11.5 Å². The largest absolute Gasteiger partial charge is 0.368 e. The number of aryl methyl sites for hydroxylation is 1. The SMILES string of the molecule is Cc1ccccc1S(=O)(=O)CC(N)C(N)=O. The molecule has 1 rings (SSSR count). The van der Waals surface area contributed by atoms with Crippen molar-refractivity contribution in [2.75, 3.05) is 5.75 Å². The molecule has 0 bridgehead atoms. The second kappa shape index (κ2) is 4.63. The number of amides is 1. The fraction of sp³-hybridized carbons (Fsp3) is 0.300. The summed E-state index contributed by atoms with van der Waals surface area (Å²) in [5.41, 5.74) is 10.9. The molecule has 16 heavy (non-hydrogen) atoms. The summed E-state index contributed by atoms with van der Waals surface area (Å²) in [6.45, 7) is 1.68.